The third kappa shape index (κ3) is 4.01. The summed E-state index contributed by atoms with van der Waals surface area (Å²) < 4.78 is 0. The van der Waals surface area contributed by atoms with E-state index in [0.717, 1.165) is 26.2 Å². The summed E-state index contributed by atoms with van der Waals surface area (Å²) in [5.74, 6) is 2.42. The maximum absolute atomic E-state index is 11.6. The first-order valence-corrected chi connectivity index (χ1v) is 6.93. The van der Waals surface area contributed by atoms with Crippen molar-refractivity contribution in [1.82, 2.24) is 10.2 Å². The zero-order valence-electron chi connectivity index (χ0n) is 11.9. The Kier molecular flexibility index (Phi) is 5.03. The number of piperazine rings is 1. The van der Waals surface area contributed by atoms with Crippen molar-refractivity contribution in [1.29, 1.82) is 0 Å². The van der Waals surface area contributed by atoms with Crippen molar-refractivity contribution in [2.45, 2.75) is 6.92 Å². The van der Waals surface area contributed by atoms with Gasteiger partial charge in [0.05, 0.1) is 13.1 Å². The van der Waals surface area contributed by atoms with Gasteiger partial charge >= 0.3 is 0 Å². The first kappa shape index (κ1) is 14.4. The van der Waals surface area contributed by atoms with Crippen LogP contribution in [0.15, 0.2) is 24.3 Å². The van der Waals surface area contributed by atoms with Crippen LogP contribution in [0.2, 0.25) is 0 Å². The highest BCUT2D eigenvalue weighted by atomic mass is 16.2. The minimum atomic E-state index is 0.00644. The van der Waals surface area contributed by atoms with Gasteiger partial charge in [-0.2, -0.15) is 0 Å². The van der Waals surface area contributed by atoms with E-state index in [2.05, 4.69) is 52.2 Å². The molecule has 2 rings (SSSR count). The van der Waals surface area contributed by atoms with E-state index >= 15 is 0 Å². The molecule has 1 aliphatic rings. The molecule has 0 atom stereocenters. The fraction of sp³-hybridized carbons (Fsp3) is 0.438. The Morgan fingerprint density at radius 2 is 2.10 bits per heavy atom. The summed E-state index contributed by atoms with van der Waals surface area (Å²) >= 11 is 0. The molecule has 1 saturated heterocycles. The fourth-order valence-electron chi connectivity index (χ4n) is 2.40. The van der Waals surface area contributed by atoms with E-state index in [1.807, 2.05) is 0 Å². The molecule has 0 bridgehead atoms. The van der Waals surface area contributed by atoms with Crippen molar-refractivity contribution in [2.75, 3.05) is 44.2 Å². The number of nitrogens with zero attached hydrogens (tertiary/aromatic N) is 2. The molecule has 0 radical (unpaired) electrons. The molecule has 20 heavy (non-hydrogen) atoms. The van der Waals surface area contributed by atoms with Crippen molar-refractivity contribution in [3.05, 3.63) is 29.8 Å². The fourth-order valence-corrected chi connectivity index (χ4v) is 2.40. The van der Waals surface area contributed by atoms with Crippen LogP contribution in [0.1, 0.15) is 5.56 Å². The van der Waals surface area contributed by atoms with Gasteiger partial charge in [-0.25, -0.2) is 0 Å². The second-order valence-electron chi connectivity index (χ2n) is 5.08. The lowest BCUT2D eigenvalue weighted by Crippen LogP contribution is -2.49. The summed E-state index contributed by atoms with van der Waals surface area (Å²) in [6, 6.07) is 8.54. The highest BCUT2D eigenvalue weighted by molar-refractivity contribution is 5.78. The summed E-state index contributed by atoms with van der Waals surface area (Å²) in [6.45, 7) is 6.55. The lowest BCUT2D eigenvalue weighted by Gasteiger charge is -2.35. The summed E-state index contributed by atoms with van der Waals surface area (Å²) in [5.41, 5.74) is 2.54. The van der Waals surface area contributed by atoms with Crippen LogP contribution in [0.4, 0.5) is 5.69 Å². The highest BCUT2D eigenvalue weighted by Crippen LogP contribution is 2.17. The number of benzene rings is 1. The van der Waals surface area contributed by atoms with Crippen LogP contribution in [-0.4, -0.2) is 50.1 Å². The second kappa shape index (κ2) is 6.97. The number of amides is 1. The minimum absolute atomic E-state index is 0.00644. The van der Waals surface area contributed by atoms with Gasteiger partial charge in [0.15, 0.2) is 0 Å². The van der Waals surface area contributed by atoms with Crippen molar-refractivity contribution >= 4 is 11.6 Å². The molecule has 1 N–H and O–H groups in total. The smallest absolute Gasteiger partial charge is 0.234 e. The van der Waals surface area contributed by atoms with E-state index < -0.39 is 0 Å². The van der Waals surface area contributed by atoms with Crippen LogP contribution in [-0.2, 0) is 4.79 Å². The van der Waals surface area contributed by atoms with Gasteiger partial charge in [-0.3, -0.25) is 9.69 Å². The van der Waals surface area contributed by atoms with Crippen LogP contribution in [0.5, 0.6) is 0 Å². The summed E-state index contributed by atoms with van der Waals surface area (Å²) in [6.07, 6.45) is 5.12. The molecule has 0 aromatic heterocycles. The maximum atomic E-state index is 11.6. The third-order valence-corrected chi connectivity index (χ3v) is 3.49. The number of anilines is 1. The Labute approximate surface area is 120 Å². The zero-order valence-corrected chi connectivity index (χ0v) is 11.9. The topological polar surface area (TPSA) is 35.6 Å². The van der Waals surface area contributed by atoms with E-state index in [1.54, 1.807) is 0 Å². The molecular weight excluding hydrogens is 250 g/mol. The van der Waals surface area contributed by atoms with Crippen LogP contribution in [0.25, 0.3) is 0 Å². The standard InChI is InChI=1S/C16H21N3O/c1-3-7-17-16(20)13-18-8-10-19(11-9-18)15-6-4-5-14(2)12-15/h1,4-6,12H,7-11,13H2,2H3,(H,17,20). The Balaban J connectivity index is 1.81. The molecule has 1 amide bonds. The van der Waals surface area contributed by atoms with Crippen molar-refractivity contribution in [3.63, 3.8) is 0 Å². The van der Waals surface area contributed by atoms with E-state index in [1.165, 1.54) is 11.3 Å². The predicted molar refractivity (Wildman–Crippen MR) is 81.7 cm³/mol. The number of carbonyl (C=O) groups excluding carboxylic acids is 1. The van der Waals surface area contributed by atoms with Crippen molar-refractivity contribution in [2.24, 2.45) is 0 Å². The van der Waals surface area contributed by atoms with Gasteiger partial charge in [0.1, 0.15) is 0 Å². The predicted octanol–water partition coefficient (Wildman–Crippen LogP) is 0.866. The van der Waals surface area contributed by atoms with E-state index in [9.17, 15) is 4.79 Å². The lowest BCUT2D eigenvalue weighted by atomic mass is 10.2. The third-order valence-electron chi connectivity index (χ3n) is 3.49. The summed E-state index contributed by atoms with van der Waals surface area (Å²) in [4.78, 5) is 16.1. The molecule has 0 aliphatic carbocycles. The number of carbonyl (C=O) groups is 1. The summed E-state index contributed by atoms with van der Waals surface area (Å²) in [7, 11) is 0. The van der Waals surface area contributed by atoms with Gasteiger partial charge in [0.25, 0.3) is 0 Å². The van der Waals surface area contributed by atoms with Gasteiger partial charge in [0, 0.05) is 31.9 Å². The molecule has 4 nitrogen and oxygen atoms in total. The van der Waals surface area contributed by atoms with E-state index in [-0.39, 0.29) is 5.91 Å². The van der Waals surface area contributed by atoms with Crippen LogP contribution >= 0.6 is 0 Å². The molecule has 1 heterocycles. The molecule has 0 spiro atoms. The van der Waals surface area contributed by atoms with Crippen molar-refractivity contribution in [3.8, 4) is 12.3 Å². The van der Waals surface area contributed by atoms with Gasteiger partial charge in [-0.05, 0) is 24.6 Å². The zero-order chi connectivity index (χ0) is 14.4. The molecule has 0 unspecified atom stereocenters. The first-order valence-electron chi connectivity index (χ1n) is 6.93. The normalized spacial score (nSPS) is 15.7. The Morgan fingerprint density at radius 3 is 2.75 bits per heavy atom. The molecule has 1 fully saturated rings. The van der Waals surface area contributed by atoms with Gasteiger partial charge in [0.2, 0.25) is 5.91 Å². The number of rotatable bonds is 4. The summed E-state index contributed by atoms with van der Waals surface area (Å²) in [5, 5.41) is 2.70. The lowest BCUT2D eigenvalue weighted by molar-refractivity contribution is -0.122. The SMILES string of the molecule is C#CCNC(=O)CN1CCN(c2cccc(C)c2)CC1. The average Bonchev–Trinajstić information content (AvgIpc) is 2.46. The molecule has 106 valence electrons. The molecule has 4 heteroatoms. The number of hydrogen-bond acceptors (Lipinski definition) is 3. The maximum Gasteiger partial charge on any atom is 0.234 e. The van der Waals surface area contributed by atoms with Crippen molar-refractivity contribution < 1.29 is 4.79 Å². The number of hydrogen-bond donors (Lipinski definition) is 1. The van der Waals surface area contributed by atoms with Crippen LogP contribution < -0.4 is 10.2 Å². The quantitative estimate of drug-likeness (QED) is 0.825. The van der Waals surface area contributed by atoms with E-state index in [0.29, 0.717) is 13.1 Å². The minimum Gasteiger partial charge on any atom is -0.369 e. The van der Waals surface area contributed by atoms with Gasteiger partial charge in [-0.1, -0.05) is 18.1 Å². The monoisotopic (exact) mass is 271 g/mol. The van der Waals surface area contributed by atoms with Crippen LogP contribution in [0, 0.1) is 19.3 Å². The largest absolute Gasteiger partial charge is 0.369 e. The molecular formula is C16H21N3O. The molecule has 1 aromatic rings. The Hall–Kier alpha value is -1.99. The Morgan fingerprint density at radius 1 is 1.35 bits per heavy atom. The number of nitrogens with one attached hydrogen (secondary N) is 1. The average molecular weight is 271 g/mol. The number of terminal acetylenes is 1. The number of aryl methyl sites for hydroxylation is 1. The highest BCUT2D eigenvalue weighted by Gasteiger charge is 2.18. The van der Waals surface area contributed by atoms with Gasteiger partial charge in [-0.15, -0.1) is 6.42 Å². The molecule has 1 aliphatic heterocycles. The van der Waals surface area contributed by atoms with Gasteiger partial charge < -0.3 is 10.2 Å². The molecule has 1 aromatic carbocycles. The van der Waals surface area contributed by atoms with Crippen LogP contribution in [0.3, 0.4) is 0 Å². The first-order chi connectivity index (χ1) is 9.69. The Bertz CT molecular complexity index is 499. The second-order valence-corrected chi connectivity index (χ2v) is 5.08. The van der Waals surface area contributed by atoms with E-state index in [4.69, 9.17) is 6.42 Å². The molecule has 0 saturated carbocycles.